The lowest BCUT2D eigenvalue weighted by Gasteiger charge is -2.22. The lowest BCUT2D eigenvalue weighted by Crippen LogP contribution is -2.12. The summed E-state index contributed by atoms with van der Waals surface area (Å²) in [4.78, 5) is 11.3. The van der Waals surface area contributed by atoms with Gasteiger partial charge in [0.05, 0.1) is 11.4 Å². The van der Waals surface area contributed by atoms with Gasteiger partial charge in [0.25, 0.3) is 0 Å². The molecule has 1 aromatic heterocycles. The van der Waals surface area contributed by atoms with Gasteiger partial charge in [-0.2, -0.15) is 0 Å². The van der Waals surface area contributed by atoms with Crippen LogP contribution in [-0.4, -0.2) is 21.3 Å². The number of benzene rings is 1. The first-order valence-electron chi connectivity index (χ1n) is 7.38. The van der Waals surface area contributed by atoms with Crippen molar-refractivity contribution in [1.29, 1.82) is 0 Å². The topological polar surface area (TPSA) is 47.8 Å². The van der Waals surface area contributed by atoms with Gasteiger partial charge in [0.15, 0.2) is 6.29 Å². The molecule has 0 saturated heterocycles. The highest BCUT2D eigenvalue weighted by molar-refractivity contribution is 6.31. The molecule has 0 radical (unpaired) electrons. The number of nitrogens with zero attached hydrogens (tertiary/aromatic N) is 3. The second-order valence-electron chi connectivity index (χ2n) is 5.66. The molecule has 1 aromatic carbocycles. The predicted octanol–water partition coefficient (Wildman–Crippen LogP) is 4.09. The number of hydrogen-bond acceptors (Lipinski definition) is 3. The van der Waals surface area contributed by atoms with Crippen molar-refractivity contribution < 1.29 is 4.79 Å². The van der Waals surface area contributed by atoms with E-state index < -0.39 is 0 Å². The number of aryl methyl sites for hydroxylation is 1. The summed E-state index contributed by atoms with van der Waals surface area (Å²) in [5.41, 5.74) is 3.28. The van der Waals surface area contributed by atoms with E-state index >= 15 is 0 Å². The van der Waals surface area contributed by atoms with Gasteiger partial charge in [-0.3, -0.25) is 4.79 Å². The molecule has 0 atom stereocenters. The van der Waals surface area contributed by atoms with E-state index in [2.05, 4.69) is 10.3 Å². The number of halogens is 1. The van der Waals surface area contributed by atoms with Crippen molar-refractivity contribution in [2.24, 2.45) is 0 Å². The third kappa shape index (κ3) is 2.72. The molecule has 0 spiro atoms. The number of rotatable bonds is 3. The van der Waals surface area contributed by atoms with E-state index in [0.717, 1.165) is 36.1 Å². The Morgan fingerprint density at radius 1 is 1.29 bits per heavy atom. The van der Waals surface area contributed by atoms with E-state index in [0.29, 0.717) is 16.6 Å². The Morgan fingerprint density at radius 2 is 2.05 bits per heavy atom. The highest BCUT2D eigenvalue weighted by atomic mass is 35.5. The average molecular weight is 304 g/mol. The van der Waals surface area contributed by atoms with Gasteiger partial charge >= 0.3 is 0 Å². The zero-order valence-electron chi connectivity index (χ0n) is 12.1. The Hall–Kier alpha value is -1.68. The first-order chi connectivity index (χ1) is 10.2. The van der Waals surface area contributed by atoms with Crippen LogP contribution in [0.3, 0.4) is 0 Å². The second kappa shape index (κ2) is 5.98. The minimum Gasteiger partial charge on any atom is -0.296 e. The molecule has 2 aromatic rings. The molecule has 5 heteroatoms. The summed E-state index contributed by atoms with van der Waals surface area (Å²) in [5, 5.41) is 8.92. The van der Waals surface area contributed by atoms with E-state index in [1.807, 2.05) is 25.1 Å². The first kappa shape index (κ1) is 14.3. The fraction of sp³-hybridized carbons (Fsp3) is 0.438. The number of aldehydes is 1. The third-order valence-corrected chi connectivity index (χ3v) is 4.64. The van der Waals surface area contributed by atoms with Crippen molar-refractivity contribution in [3.8, 4) is 5.69 Å². The Bertz CT molecular complexity index is 660. The zero-order chi connectivity index (χ0) is 14.8. The highest BCUT2D eigenvalue weighted by Gasteiger charge is 2.25. The largest absolute Gasteiger partial charge is 0.296 e. The Morgan fingerprint density at radius 3 is 2.71 bits per heavy atom. The molecule has 0 bridgehead atoms. The average Bonchev–Trinajstić information content (AvgIpc) is 2.95. The number of hydrogen-bond donors (Lipinski definition) is 0. The Balaban J connectivity index is 2.07. The summed E-state index contributed by atoms with van der Waals surface area (Å²) in [7, 11) is 0. The van der Waals surface area contributed by atoms with Crippen molar-refractivity contribution >= 4 is 17.9 Å². The maximum absolute atomic E-state index is 11.3. The molecule has 21 heavy (non-hydrogen) atoms. The van der Waals surface area contributed by atoms with Crippen molar-refractivity contribution in [1.82, 2.24) is 15.0 Å². The fourth-order valence-electron chi connectivity index (χ4n) is 3.05. The van der Waals surface area contributed by atoms with Gasteiger partial charge in [-0.25, -0.2) is 4.68 Å². The lowest BCUT2D eigenvalue weighted by molar-refractivity contribution is 0.111. The molecule has 0 N–H and O–H groups in total. The Kier molecular flexibility index (Phi) is 4.06. The number of carbonyl (C=O) groups excluding carboxylic acids is 1. The first-order valence-corrected chi connectivity index (χ1v) is 7.76. The van der Waals surface area contributed by atoms with Crippen LogP contribution >= 0.6 is 11.6 Å². The number of carbonyl (C=O) groups is 1. The molecule has 1 saturated carbocycles. The molecular formula is C16H18ClN3O. The van der Waals surface area contributed by atoms with Crippen LogP contribution in [-0.2, 0) is 0 Å². The molecule has 0 aliphatic heterocycles. The van der Waals surface area contributed by atoms with Gasteiger partial charge in [0.1, 0.15) is 5.69 Å². The third-order valence-electron chi connectivity index (χ3n) is 4.24. The zero-order valence-corrected chi connectivity index (χ0v) is 12.8. The maximum atomic E-state index is 11.3. The second-order valence-corrected chi connectivity index (χ2v) is 6.07. The quantitative estimate of drug-likeness (QED) is 0.802. The molecule has 1 aliphatic carbocycles. The van der Waals surface area contributed by atoms with Gasteiger partial charge < -0.3 is 0 Å². The SMILES string of the molecule is Cc1ccc(-n2nnc(C=O)c2C2CCCCC2)cc1Cl. The summed E-state index contributed by atoms with van der Waals surface area (Å²) in [6.07, 6.45) is 6.65. The molecule has 110 valence electrons. The molecule has 0 amide bonds. The summed E-state index contributed by atoms with van der Waals surface area (Å²) in [6.45, 7) is 1.96. The van der Waals surface area contributed by atoms with Crippen LogP contribution in [0.5, 0.6) is 0 Å². The van der Waals surface area contributed by atoms with Gasteiger partial charge in [-0.05, 0) is 37.5 Å². The smallest absolute Gasteiger partial charge is 0.172 e. The van der Waals surface area contributed by atoms with E-state index in [1.165, 1.54) is 19.3 Å². The summed E-state index contributed by atoms with van der Waals surface area (Å²) < 4.78 is 1.78. The van der Waals surface area contributed by atoms with Crippen LogP contribution in [0.2, 0.25) is 5.02 Å². The van der Waals surface area contributed by atoms with E-state index in [1.54, 1.807) is 4.68 Å². The standard InChI is InChI=1S/C16H18ClN3O/c1-11-7-8-13(9-14(11)17)20-16(15(10-21)18-19-20)12-5-3-2-4-6-12/h7-10,12H,2-6H2,1H3. The monoisotopic (exact) mass is 303 g/mol. The van der Waals surface area contributed by atoms with Gasteiger partial charge in [-0.1, -0.05) is 42.1 Å². The summed E-state index contributed by atoms with van der Waals surface area (Å²) in [6, 6.07) is 5.81. The lowest BCUT2D eigenvalue weighted by atomic mass is 9.86. The maximum Gasteiger partial charge on any atom is 0.172 e. The minimum atomic E-state index is 0.356. The van der Waals surface area contributed by atoms with E-state index in [9.17, 15) is 4.79 Å². The van der Waals surface area contributed by atoms with Crippen LogP contribution in [0, 0.1) is 6.92 Å². The highest BCUT2D eigenvalue weighted by Crippen LogP contribution is 2.34. The predicted molar refractivity (Wildman–Crippen MR) is 82.3 cm³/mol. The summed E-state index contributed by atoms with van der Waals surface area (Å²) >= 11 is 6.21. The summed E-state index contributed by atoms with van der Waals surface area (Å²) in [5.74, 6) is 0.356. The molecule has 3 rings (SSSR count). The molecule has 1 fully saturated rings. The minimum absolute atomic E-state index is 0.356. The van der Waals surface area contributed by atoms with Crippen molar-refractivity contribution in [2.75, 3.05) is 0 Å². The van der Waals surface area contributed by atoms with Crippen molar-refractivity contribution in [3.63, 3.8) is 0 Å². The molecule has 0 unspecified atom stereocenters. The fourth-order valence-corrected chi connectivity index (χ4v) is 3.22. The molecular weight excluding hydrogens is 286 g/mol. The van der Waals surface area contributed by atoms with Crippen molar-refractivity contribution in [2.45, 2.75) is 44.9 Å². The van der Waals surface area contributed by atoms with Crippen LogP contribution in [0.25, 0.3) is 5.69 Å². The molecule has 4 nitrogen and oxygen atoms in total. The van der Waals surface area contributed by atoms with Crippen LogP contribution < -0.4 is 0 Å². The number of aromatic nitrogens is 3. The van der Waals surface area contributed by atoms with Gasteiger partial charge in [-0.15, -0.1) is 5.10 Å². The van der Waals surface area contributed by atoms with Crippen LogP contribution in [0.4, 0.5) is 0 Å². The van der Waals surface area contributed by atoms with Crippen LogP contribution in [0.15, 0.2) is 18.2 Å². The normalized spacial score (nSPS) is 16.1. The van der Waals surface area contributed by atoms with Crippen LogP contribution in [0.1, 0.15) is 59.8 Å². The van der Waals surface area contributed by atoms with Crippen molar-refractivity contribution in [3.05, 3.63) is 40.2 Å². The van der Waals surface area contributed by atoms with E-state index in [4.69, 9.17) is 11.6 Å². The molecule has 1 aliphatic rings. The van der Waals surface area contributed by atoms with E-state index in [-0.39, 0.29) is 0 Å². The Labute approximate surface area is 129 Å². The molecule has 1 heterocycles. The van der Waals surface area contributed by atoms with Gasteiger partial charge in [0, 0.05) is 10.9 Å². The van der Waals surface area contributed by atoms with Gasteiger partial charge in [0.2, 0.25) is 0 Å².